The fourth-order valence-corrected chi connectivity index (χ4v) is 2.60. The number of carbonyl (C=O) groups is 4. The van der Waals surface area contributed by atoms with E-state index in [-0.39, 0.29) is 29.4 Å². The molecule has 1 aromatic carbocycles. The van der Waals surface area contributed by atoms with Gasteiger partial charge in [-0.2, -0.15) is 0 Å². The van der Waals surface area contributed by atoms with E-state index < -0.39 is 30.4 Å². The smallest absolute Gasteiger partial charge is 0.329 e. The maximum atomic E-state index is 12.6. The topological polar surface area (TPSA) is 84.0 Å². The van der Waals surface area contributed by atoms with Crippen LogP contribution in [-0.4, -0.2) is 60.2 Å². The van der Waals surface area contributed by atoms with Gasteiger partial charge in [-0.1, -0.05) is 26.0 Å². The zero-order chi connectivity index (χ0) is 18.7. The summed E-state index contributed by atoms with van der Waals surface area (Å²) in [4.78, 5) is 51.6. The summed E-state index contributed by atoms with van der Waals surface area (Å²) in [5, 5.41) is 0. The maximum absolute atomic E-state index is 12.6. The van der Waals surface area contributed by atoms with Crippen LogP contribution in [0, 0.1) is 5.92 Å². The Morgan fingerprint density at radius 2 is 1.60 bits per heavy atom. The minimum Gasteiger partial charge on any atom is -0.454 e. The first-order chi connectivity index (χ1) is 11.7. The van der Waals surface area contributed by atoms with E-state index in [1.165, 1.54) is 4.90 Å². The van der Waals surface area contributed by atoms with Gasteiger partial charge in [-0.15, -0.1) is 0 Å². The molecule has 134 valence electrons. The van der Waals surface area contributed by atoms with Gasteiger partial charge in [0.15, 0.2) is 6.61 Å². The van der Waals surface area contributed by atoms with Crippen LogP contribution in [0.2, 0.25) is 0 Å². The molecule has 0 aromatic heterocycles. The van der Waals surface area contributed by atoms with Crippen molar-refractivity contribution < 1.29 is 23.9 Å². The van der Waals surface area contributed by atoms with Crippen molar-refractivity contribution in [1.82, 2.24) is 9.80 Å². The lowest BCUT2D eigenvalue weighted by Gasteiger charge is -2.26. The van der Waals surface area contributed by atoms with Gasteiger partial charge in [0.1, 0.15) is 6.04 Å². The monoisotopic (exact) mass is 346 g/mol. The van der Waals surface area contributed by atoms with Crippen LogP contribution in [0.15, 0.2) is 24.3 Å². The van der Waals surface area contributed by atoms with Gasteiger partial charge in [0.25, 0.3) is 17.7 Å². The molecule has 0 saturated heterocycles. The van der Waals surface area contributed by atoms with Gasteiger partial charge in [-0.05, 0) is 24.5 Å². The summed E-state index contributed by atoms with van der Waals surface area (Å²) >= 11 is 0. The van der Waals surface area contributed by atoms with Crippen LogP contribution < -0.4 is 0 Å². The van der Waals surface area contributed by atoms with Crippen LogP contribution in [0.25, 0.3) is 0 Å². The molecule has 0 unspecified atom stereocenters. The van der Waals surface area contributed by atoms with Gasteiger partial charge in [-0.3, -0.25) is 19.3 Å². The summed E-state index contributed by atoms with van der Waals surface area (Å²) in [7, 11) is 3.10. The number of imide groups is 1. The van der Waals surface area contributed by atoms with Crippen LogP contribution in [0.1, 0.15) is 41.0 Å². The van der Waals surface area contributed by atoms with E-state index in [0.717, 1.165) is 4.90 Å². The first-order valence-electron chi connectivity index (χ1n) is 8.07. The summed E-state index contributed by atoms with van der Waals surface area (Å²) in [6, 6.07) is 5.39. The lowest BCUT2D eigenvalue weighted by molar-refractivity contribution is -0.154. The largest absolute Gasteiger partial charge is 0.454 e. The van der Waals surface area contributed by atoms with Crippen LogP contribution >= 0.6 is 0 Å². The highest BCUT2D eigenvalue weighted by molar-refractivity contribution is 6.22. The summed E-state index contributed by atoms with van der Waals surface area (Å²) in [5.74, 6) is -2.10. The van der Waals surface area contributed by atoms with Gasteiger partial charge in [0.05, 0.1) is 11.1 Å². The van der Waals surface area contributed by atoms with Crippen LogP contribution in [0.3, 0.4) is 0 Å². The zero-order valence-electron chi connectivity index (χ0n) is 14.8. The van der Waals surface area contributed by atoms with Crippen LogP contribution in [0.4, 0.5) is 0 Å². The van der Waals surface area contributed by atoms with Crippen molar-refractivity contribution in [2.75, 3.05) is 20.7 Å². The quantitative estimate of drug-likeness (QED) is 0.573. The lowest BCUT2D eigenvalue weighted by Crippen LogP contribution is -2.47. The zero-order valence-corrected chi connectivity index (χ0v) is 14.8. The molecule has 1 aliphatic rings. The minimum atomic E-state index is -1.05. The molecule has 3 amide bonds. The number of rotatable bonds is 6. The number of likely N-dealkylation sites (N-methyl/N-ethyl adjacent to an activating group) is 1. The first-order valence-corrected chi connectivity index (χ1v) is 8.07. The van der Waals surface area contributed by atoms with Crippen LogP contribution in [0.5, 0.6) is 0 Å². The van der Waals surface area contributed by atoms with E-state index in [4.69, 9.17) is 4.74 Å². The first kappa shape index (κ1) is 18.6. The predicted octanol–water partition coefficient (Wildman–Crippen LogP) is 1.33. The summed E-state index contributed by atoms with van der Waals surface area (Å²) < 4.78 is 5.06. The molecule has 7 nitrogen and oxygen atoms in total. The van der Waals surface area contributed by atoms with Gasteiger partial charge in [-0.25, -0.2) is 4.79 Å². The van der Waals surface area contributed by atoms with Gasteiger partial charge in [0, 0.05) is 14.1 Å². The van der Waals surface area contributed by atoms with E-state index >= 15 is 0 Å². The average molecular weight is 346 g/mol. The molecule has 0 saturated carbocycles. The van der Waals surface area contributed by atoms with Gasteiger partial charge < -0.3 is 9.64 Å². The molecular weight excluding hydrogens is 324 g/mol. The average Bonchev–Trinajstić information content (AvgIpc) is 2.81. The van der Waals surface area contributed by atoms with Gasteiger partial charge in [0.2, 0.25) is 0 Å². The molecule has 7 heteroatoms. The molecule has 0 N–H and O–H groups in total. The van der Waals surface area contributed by atoms with E-state index in [0.29, 0.717) is 0 Å². The van der Waals surface area contributed by atoms with E-state index in [1.807, 2.05) is 13.8 Å². The summed E-state index contributed by atoms with van der Waals surface area (Å²) in [5.41, 5.74) is 0.553. The van der Waals surface area contributed by atoms with E-state index in [1.54, 1.807) is 38.4 Å². The Morgan fingerprint density at radius 1 is 1.08 bits per heavy atom. The SMILES string of the molecule is CC(C)C[C@@H](C(=O)OCC(=O)N(C)C)N1C(=O)c2ccccc2C1=O. The number of ether oxygens (including phenoxy) is 1. The van der Waals surface area contributed by atoms with Crippen molar-refractivity contribution >= 4 is 23.7 Å². The number of carbonyl (C=O) groups excluding carboxylic acids is 4. The maximum Gasteiger partial charge on any atom is 0.329 e. The van der Waals surface area contributed by atoms with Crippen LogP contribution in [-0.2, 0) is 14.3 Å². The lowest BCUT2D eigenvalue weighted by atomic mass is 10.0. The third-order valence-corrected chi connectivity index (χ3v) is 3.94. The Balaban J connectivity index is 2.23. The second kappa shape index (κ2) is 7.46. The number of hydrogen-bond acceptors (Lipinski definition) is 5. The Kier molecular flexibility index (Phi) is 5.56. The van der Waals surface area contributed by atoms with Crippen molar-refractivity contribution in [3.05, 3.63) is 35.4 Å². The molecule has 1 aromatic rings. The van der Waals surface area contributed by atoms with E-state index in [9.17, 15) is 19.2 Å². The predicted molar refractivity (Wildman–Crippen MR) is 89.8 cm³/mol. The molecule has 0 bridgehead atoms. The van der Waals surface area contributed by atoms with Crippen molar-refractivity contribution in [3.63, 3.8) is 0 Å². The molecule has 0 aliphatic carbocycles. The Labute approximate surface area is 146 Å². The molecule has 2 rings (SSSR count). The summed E-state index contributed by atoms with van der Waals surface area (Å²) in [6.07, 6.45) is 0.264. The Hall–Kier alpha value is -2.70. The molecule has 1 aliphatic heterocycles. The fourth-order valence-electron chi connectivity index (χ4n) is 2.60. The highest BCUT2D eigenvalue weighted by Crippen LogP contribution is 2.27. The third-order valence-electron chi connectivity index (χ3n) is 3.94. The highest BCUT2D eigenvalue weighted by Gasteiger charge is 2.43. The molecule has 1 heterocycles. The van der Waals surface area contributed by atoms with Crippen molar-refractivity contribution in [2.24, 2.45) is 5.92 Å². The fraction of sp³-hybridized carbons (Fsp3) is 0.444. The number of amides is 3. The molecular formula is C18H22N2O5. The number of fused-ring (bicyclic) bond motifs is 1. The van der Waals surface area contributed by atoms with Crippen molar-refractivity contribution in [1.29, 1.82) is 0 Å². The van der Waals surface area contributed by atoms with Crippen molar-refractivity contribution in [2.45, 2.75) is 26.3 Å². The standard InChI is InChI=1S/C18H22N2O5/c1-11(2)9-14(18(24)25-10-15(21)19(3)4)20-16(22)12-7-5-6-8-13(12)17(20)23/h5-8,11,14H,9-10H2,1-4H3/t14-/m0/s1. The third kappa shape index (κ3) is 3.87. The second-order valence-corrected chi connectivity index (χ2v) is 6.57. The number of hydrogen-bond donors (Lipinski definition) is 0. The highest BCUT2D eigenvalue weighted by atomic mass is 16.5. The second-order valence-electron chi connectivity index (χ2n) is 6.57. The molecule has 0 spiro atoms. The number of esters is 1. The summed E-state index contributed by atoms with van der Waals surface area (Å²) in [6.45, 7) is 3.33. The minimum absolute atomic E-state index is 0.0476. The van der Waals surface area contributed by atoms with Gasteiger partial charge >= 0.3 is 5.97 Å². The molecule has 1 atom stereocenters. The normalized spacial score (nSPS) is 14.5. The Bertz CT molecular complexity index is 676. The number of nitrogens with zero attached hydrogens (tertiary/aromatic N) is 2. The molecule has 0 radical (unpaired) electrons. The molecule has 0 fully saturated rings. The van der Waals surface area contributed by atoms with E-state index in [2.05, 4.69) is 0 Å². The van der Waals surface area contributed by atoms with Crippen molar-refractivity contribution in [3.8, 4) is 0 Å². The Morgan fingerprint density at radius 3 is 2.04 bits per heavy atom. The number of benzene rings is 1. The molecule has 25 heavy (non-hydrogen) atoms.